The molecule has 150 valence electrons. The van der Waals surface area contributed by atoms with Crippen molar-refractivity contribution in [2.24, 2.45) is 0 Å². The van der Waals surface area contributed by atoms with Gasteiger partial charge in [-0.25, -0.2) is 0 Å². The molecule has 0 aliphatic heterocycles. The van der Waals surface area contributed by atoms with Gasteiger partial charge in [0.05, 0.1) is 0 Å². The van der Waals surface area contributed by atoms with Gasteiger partial charge in [-0.15, -0.1) is 0 Å². The monoisotopic (exact) mass is 391 g/mol. The lowest BCUT2D eigenvalue weighted by molar-refractivity contribution is 0.592. The van der Waals surface area contributed by atoms with Gasteiger partial charge in [0.2, 0.25) is 0 Å². The molecule has 4 rings (SSSR count). The predicted octanol–water partition coefficient (Wildman–Crippen LogP) is 8.09. The molecule has 1 nitrogen and oxygen atoms in total. The van der Waals surface area contributed by atoms with Crippen LogP contribution in [-0.4, -0.2) is 7.05 Å². The van der Waals surface area contributed by atoms with E-state index in [1.165, 1.54) is 39.2 Å². The van der Waals surface area contributed by atoms with Crippen LogP contribution in [0.1, 0.15) is 26.3 Å². The number of nitrogens with zero attached hydrogens (tertiary/aromatic N) is 1. The maximum Gasteiger partial charge on any atom is 0.0487 e. The van der Waals surface area contributed by atoms with E-state index in [1.807, 2.05) is 0 Å². The van der Waals surface area contributed by atoms with Gasteiger partial charge in [0, 0.05) is 24.0 Å². The van der Waals surface area contributed by atoms with E-state index in [1.54, 1.807) is 0 Å². The highest BCUT2D eigenvalue weighted by Crippen LogP contribution is 2.39. The molecular weight excluding hydrogens is 362 g/mol. The molecule has 0 unspecified atom stereocenters. The number of benzene rings is 4. The van der Waals surface area contributed by atoms with Gasteiger partial charge in [0.15, 0.2) is 0 Å². The van der Waals surface area contributed by atoms with E-state index in [4.69, 9.17) is 0 Å². The molecule has 0 saturated carbocycles. The molecule has 0 saturated heterocycles. The Kier molecular flexibility index (Phi) is 5.46. The van der Waals surface area contributed by atoms with Crippen molar-refractivity contribution in [2.75, 3.05) is 11.9 Å². The topological polar surface area (TPSA) is 3.24 Å². The number of hydrogen-bond donors (Lipinski definition) is 0. The van der Waals surface area contributed by atoms with Crippen LogP contribution in [0, 0.1) is 0 Å². The minimum atomic E-state index is 0.0829. The first-order chi connectivity index (χ1) is 14.4. The standard InChI is InChI=1S/C29H29N/c1-29(2,3)27-16-10-8-14-25(27)26-15-9-11-17-28(26)30(4)24-20-18-23(19-21-24)22-12-6-5-7-13-22/h5-21H,1-4H3. The van der Waals surface area contributed by atoms with Gasteiger partial charge in [-0.05, 0) is 45.9 Å². The van der Waals surface area contributed by atoms with Crippen LogP contribution in [0.2, 0.25) is 0 Å². The molecular formula is C29H29N. The highest BCUT2D eigenvalue weighted by Gasteiger charge is 2.20. The molecule has 0 aliphatic carbocycles. The lowest BCUT2D eigenvalue weighted by Crippen LogP contribution is -2.14. The average Bonchev–Trinajstić information content (AvgIpc) is 2.79. The molecule has 0 aliphatic rings. The van der Waals surface area contributed by atoms with E-state index >= 15 is 0 Å². The molecule has 0 N–H and O–H groups in total. The minimum absolute atomic E-state index is 0.0829. The molecule has 0 atom stereocenters. The predicted molar refractivity (Wildman–Crippen MR) is 131 cm³/mol. The largest absolute Gasteiger partial charge is 0.344 e. The number of rotatable bonds is 4. The molecule has 4 aromatic rings. The zero-order chi connectivity index (χ0) is 21.1. The number of hydrogen-bond acceptors (Lipinski definition) is 1. The Bertz CT molecular complexity index is 1120. The van der Waals surface area contributed by atoms with Gasteiger partial charge < -0.3 is 4.90 Å². The zero-order valence-electron chi connectivity index (χ0n) is 18.3. The maximum absolute atomic E-state index is 2.28. The lowest BCUT2D eigenvalue weighted by atomic mass is 9.81. The molecule has 30 heavy (non-hydrogen) atoms. The van der Waals surface area contributed by atoms with Crippen molar-refractivity contribution >= 4 is 11.4 Å². The van der Waals surface area contributed by atoms with Crippen LogP contribution >= 0.6 is 0 Å². The first-order valence-corrected chi connectivity index (χ1v) is 10.5. The summed E-state index contributed by atoms with van der Waals surface area (Å²) in [4.78, 5) is 2.28. The minimum Gasteiger partial charge on any atom is -0.344 e. The van der Waals surface area contributed by atoms with Crippen LogP contribution in [0.25, 0.3) is 22.3 Å². The SMILES string of the molecule is CN(c1ccc(-c2ccccc2)cc1)c1ccccc1-c1ccccc1C(C)(C)C. The summed E-state index contributed by atoms with van der Waals surface area (Å²) < 4.78 is 0. The fraction of sp³-hybridized carbons (Fsp3) is 0.172. The van der Waals surface area contributed by atoms with Crippen molar-refractivity contribution in [3.05, 3.63) is 109 Å². The molecule has 0 radical (unpaired) electrons. The van der Waals surface area contributed by atoms with E-state index in [0.29, 0.717) is 0 Å². The second-order valence-corrected chi connectivity index (χ2v) is 8.78. The van der Waals surface area contributed by atoms with Crippen LogP contribution in [0.15, 0.2) is 103 Å². The summed E-state index contributed by atoms with van der Waals surface area (Å²) >= 11 is 0. The third kappa shape index (κ3) is 4.02. The van der Waals surface area contributed by atoms with Crippen LogP contribution < -0.4 is 4.90 Å². The first-order valence-electron chi connectivity index (χ1n) is 10.5. The highest BCUT2D eigenvalue weighted by molar-refractivity contribution is 5.84. The van der Waals surface area contributed by atoms with E-state index in [0.717, 1.165) is 0 Å². The number of anilines is 2. The van der Waals surface area contributed by atoms with Crippen LogP contribution in [0.4, 0.5) is 11.4 Å². The Balaban J connectivity index is 1.73. The smallest absolute Gasteiger partial charge is 0.0487 e. The van der Waals surface area contributed by atoms with E-state index in [9.17, 15) is 0 Å². The molecule has 0 fully saturated rings. The summed E-state index contributed by atoms with van der Waals surface area (Å²) in [7, 11) is 2.15. The summed E-state index contributed by atoms with van der Waals surface area (Å²) in [5, 5.41) is 0. The van der Waals surface area contributed by atoms with Crippen LogP contribution in [-0.2, 0) is 5.41 Å². The van der Waals surface area contributed by atoms with Crippen molar-refractivity contribution in [3.63, 3.8) is 0 Å². The van der Waals surface area contributed by atoms with Crippen LogP contribution in [0.3, 0.4) is 0 Å². The van der Waals surface area contributed by atoms with Gasteiger partial charge in [-0.1, -0.05) is 106 Å². The normalized spacial score (nSPS) is 11.3. The quantitative estimate of drug-likeness (QED) is 0.340. The third-order valence-electron chi connectivity index (χ3n) is 5.65. The first kappa shape index (κ1) is 20.0. The third-order valence-corrected chi connectivity index (χ3v) is 5.65. The van der Waals surface area contributed by atoms with Gasteiger partial charge in [0.25, 0.3) is 0 Å². The van der Waals surface area contributed by atoms with Gasteiger partial charge in [0.1, 0.15) is 0 Å². The zero-order valence-corrected chi connectivity index (χ0v) is 18.3. The van der Waals surface area contributed by atoms with Crippen LogP contribution in [0.5, 0.6) is 0 Å². The highest BCUT2D eigenvalue weighted by atomic mass is 15.1. The molecule has 0 aromatic heterocycles. The second-order valence-electron chi connectivity index (χ2n) is 8.78. The fourth-order valence-corrected chi connectivity index (χ4v) is 4.01. The summed E-state index contributed by atoms with van der Waals surface area (Å²) in [6, 6.07) is 36.8. The summed E-state index contributed by atoms with van der Waals surface area (Å²) in [5.41, 5.74) is 8.87. The molecule has 4 aromatic carbocycles. The molecule has 0 heterocycles. The number of para-hydroxylation sites is 1. The van der Waals surface area contributed by atoms with E-state index in [-0.39, 0.29) is 5.41 Å². The van der Waals surface area contributed by atoms with Crippen molar-refractivity contribution in [1.29, 1.82) is 0 Å². The Morgan fingerprint density at radius 3 is 1.73 bits per heavy atom. The summed E-state index contributed by atoms with van der Waals surface area (Å²) in [6.45, 7) is 6.83. The van der Waals surface area contributed by atoms with Gasteiger partial charge in [-0.2, -0.15) is 0 Å². The molecule has 0 bridgehead atoms. The Hall–Kier alpha value is -3.32. The Labute approximate surface area is 180 Å². The Morgan fingerprint density at radius 1 is 0.533 bits per heavy atom. The van der Waals surface area contributed by atoms with E-state index in [2.05, 4.69) is 136 Å². The summed E-state index contributed by atoms with van der Waals surface area (Å²) in [6.07, 6.45) is 0. The molecule has 0 spiro atoms. The van der Waals surface area contributed by atoms with Gasteiger partial charge >= 0.3 is 0 Å². The summed E-state index contributed by atoms with van der Waals surface area (Å²) in [5.74, 6) is 0. The van der Waals surface area contributed by atoms with Crippen molar-refractivity contribution in [2.45, 2.75) is 26.2 Å². The van der Waals surface area contributed by atoms with Crippen molar-refractivity contribution < 1.29 is 0 Å². The maximum atomic E-state index is 2.28. The molecule has 1 heteroatoms. The fourth-order valence-electron chi connectivity index (χ4n) is 4.01. The lowest BCUT2D eigenvalue weighted by Gasteiger charge is -2.27. The van der Waals surface area contributed by atoms with Crippen molar-refractivity contribution in [1.82, 2.24) is 0 Å². The molecule has 0 amide bonds. The average molecular weight is 392 g/mol. The van der Waals surface area contributed by atoms with Crippen molar-refractivity contribution in [3.8, 4) is 22.3 Å². The second kappa shape index (κ2) is 8.20. The van der Waals surface area contributed by atoms with Gasteiger partial charge in [-0.3, -0.25) is 0 Å². The van der Waals surface area contributed by atoms with E-state index < -0.39 is 0 Å². The Morgan fingerprint density at radius 2 is 1.07 bits per heavy atom.